The van der Waals surface area contributed by atoms with Crippen molar-refractivity contribution in [3.05, 3.63) is 67.6 Å². The molecule has 0 spiro atoms. The molecular weight excluding hydrogens is 502 g/mol. The number of nitrogens with one attached hydrogen (secondary N) is 1. The lowest BCUT2D eigenvalue weighted by molar-refractivity contribution is -0.141. The summed E-state index contributed by atoms with van der Waals surface area (Å²) in [4.78, 5) is 28.4. The van der Waals surface area contributed by atoms with E-state index in [0.29, 0.717) is 37.6 Å². The van der Waals surface area contributed by atoms with Crippen molar-refractivity contribution in [3.63, 3.8) is 0 Å². The van der Waals surface area contributed by atoms with Gasteiger partial charge < -0.3 is 10.2 Å². The first-order valence-corrected chi connectivity index (χ1v) is 12.8. The van der Waals surface area contributed by atoms with Gasteiger partial charge in [-0.1, -0.05) is 84.7 Å². The van der Waals surface area contributed by atoms with Crippen molar-refractivity contribution < 1.29 is 9.59 Å². The van der Waals surface area contributed by atoms with Crippen LogP contribution in [0.2, 0.25) is 20.1 Å². The Labute approximate surface area is 215 Å². The zero-order valence-electron chi connectivity index (χ0n) is 18.6. The molecule has 178 valence electrons. The molecule has 33 heavy (non-hydrogen) atoms. The summed E-state index contributed by atoms with van der Waals surface area (Å²) >= 11 is 25.4. The number of amides is 2. The van der Waals surface area contributed by atoms with Crippen molar-refractivity contribution in [2.24, 2.45) is 0 Å². The number of rotatable bonds is 8. The fourth-order valence-corrected chi connectivity index (χ4v) is 5.32. The highest BCUT2D eigenvalue weighted by atomic mass is 35.5. The second-order valence-corrected chi connectivity index (χ2v) is 10.00. The minimum absolute atomic E-state index is 0.0339. The first-order chi connectivity index (χ1) is 15.8. The molecule has 2 aromatic rings. The molecule has 0 radical (unpaired) electrons. The van der Waals surface area contributed by atoms with E-state index in [-0.39, 0.29) is 30.8 Å². The highest BCUT2D eigenvalue weighted by Gasteiger charge is 2.31. The van der Waals surface area contributed by atoms with Crippen LogP contribution in [0, 0.1) is 0 Å². The molecule has 1 atom stereocenters. The summed E-state index contributed by atoms with van der Waals surface area (Å²) in [7, 11) is 0. The standard InChI is InChI=1S/C25H28Cl4N2O2/c1-2-23(25(33)30-16-8-4-3-5-9-16)31(15-18-21(28)12-7-13-22(18)29)24(32)14-17-19(26)10-6-11-20(17)27/h6-7,10-13,16,23H,2-5,8-9,14-15H2,1H3,(H,30,33)/t23-/m1/s1. The van der Waals surface area contributed by atoms with Crippen LogP contribution >= 0.6 is 46.4 Å². The summed E-state index contributed by atoms with van der Waals surface area (Å²) < 4.78 is 0. The van der Waals surface area contributed by atoms with Crippen LogP contribution in [0.4, 0.5) is 0 Å². The SMILES string of the molecule is CC[C@H](C(=O)NC1CCCCC1)N(Cc1c(Cl)cccc1Cl)C(=O)Cc1c(Cl)cccc1Cl. The molecule has 1 aliphatic carbocycles. The zero-order valence-corrected chi connectivity index (χ0v) is 21.6. The predicted molar refractivity (Wildman–Crippen MR) is 136 cm³/mol. The molecule has 0 saturated heterocycles. The molecule has 8 heteroatoms. The van der Waals surface area contributed by atoms with Crippen molar-refractivity contribution in [1.29, 1.82) is 0 Å². The van der Waals surface area contributed by atoms with Crippen LogP contribution in [-0.4, -0.2) is 28.8 Å². The van der Waals surface area contributed by atoms with Gasteiger partial charge in [0, 0.05) is 38.2 Å². The summed E-state index contributed by atoms with van der Waals surface area (Å²) in [5.41, 5.74) is 1.13. The minimum Gasteiger partial charge on any atom is -0.352 e. The summed E-state index contributed by atoms with van der Waals surface area (Å²) in [5.74, 6) is -0.433. The third-order valence-corrected chi connectivity index (χ3v) is 7.53. The molecule has 0 aromatic heterocycles. The number of nitrogens with zero attached hydrogens (tertiary/aromatic N) is 1. The lowest BCUT2D eigenvalue weighted by Crippen LogP contribution is -2.52. The van der Waals surface area contributed by atoms with E-state index in [2.05, 4.69) is 5.32 Å². The lowest BCUT2D eigenvalue weighted by Gasteiger charge is -2.33. The third kappa shape index (κ3) is 6.79. The predicted octanol–water partition coefficient (Wildman–Crippen LogP) is 7.10. The smallest absolute Gasteiger partial charge is 0.243 e. The highest BCUT2D eigenvalue weighted by molar-refractivity contribution is 6.36. The van der Waals surface area contributed by atoms with E-state index < -0.39 is 6.04 Å². The van der Waals surface area contributed by atoms with E-state index in [9.17, 15) is 9.59 Å². The van der Waals surface area contributed by atoms with Gasteiger partial charge in [-0.25, -0.2) is 0 Å². The maximum atomic E-state index is 13.6. The van der Waals surface area contributed by atoms with E-state index >= 15 is 0 Å². The number of halogens is 4. The van der Waals surface area contributed by atoms with Crippen LogP contribution in [0.5, 0.6) is 0 Å². The Morgan fingerprint density at radius 2 is 1.42 bits per heavy atom. The fraction of sp³-hybridized carbons (Fsp3) is 0.440. The molecule has 1 aliphatic rings. The maximum absolute atomic E-state index is 13.6. The zero-order chi connectivity index (χ0) is 24.0. The number of hydrogen-bond acceptors (Lipinski definition) is 2. The van der Waals surface area contributed by atoms with E-state index in [4.69, 9.17) is 46.4 Å². The van der Waals surface area contributed by atoms with Gasteiger partial charge in [-0.2, -0.15) is 0 Å². The fourth-order valence-electron chi connectivity index (χ4n) is 4.27. The monoisotopic (exact) mass is 528 g/mol. The van der Waals surface area contributed by atoms with Gasteiger partial charge >= 0.3 is 0 Å². The quantitative estimate of drug-likeness (QED) is 0.396. The van der Waals surface area contributed by atoms with Crippen LogP contribution in [0.25, 0.3) is 0 Å². The molecule has 0 unspecified atom stereocenters. The molecule has 0 aliphatic heterocycles. The summed E-state index contributed by atoms with van der Waals surface area (Å²) in [6, 6.07) is 9.77. The topological polar surface area (TPSA) is 49.4 Å². The molecule has 3 rings (SSSR count). The van der Waals surface area contributed by atoms with Gasteiger partial charge in [-0.3, -0.25) is 9.59 Å². The molecule has 2 aromatic carbocycles. The van der Waals surface area contributed by atoms with Crippen LogP contribution < -0.4 is 5.32 Å². The molecule has 1 N–H and O–H groups in total. The normalized spacial score (nSPS) is 15.2. The van der Waals surface area contributed by atoms with Gasteiger partial charge in [0.05, 0.1) is 6.42 Å². The van der Waals surface area contributed by atoms with Crippen molar-refractivity contribution in [2.75, 3.05) is 0 Å². The summed E-state index contributed by atoms with van der Waals surface area (Å²) in [6.07, 6.45) is 5.73. The number of carbonyl (C=O) groups excluding carboxylic acids is 2. The molecule has 1 saturated carbocycles. The number of carbonyl (C=O) groups is 2. The van der Waals surface area contributed by atoms with E-state index in [1.54, 1.807) is 41.3 Å². The van der Waals surface area contributed by atoms with Gasteiger partial charge in [-0.15, -0.1) is 0 Å². The first kappa shape index (κ1) is 26.2. The molecule has 1 fully saturated rings. The molecule has 0 heterocycles. The number of benzene rings is 2. The largest absolute Gasteiger partial charge is 0.352 e. The van der Waals surface area contributed by atoms with Crippen molar-refractivity contribution >= 4 is 58.2 Å². The Hall–Kier alpha value is -1.46. The van der Waals surface area contributed by atoms with Gasteiger partial charge in [0.2, 0.25) is 11.8 Å². The van der Waals surface area contributed by atoms with E-state index in [0.717, 1.165) is 25.7 Å². The van der Waals surface area contributed by atoms with Gasteiger partial charge in [0.15, 0.2) is 0 Å². The Balaban J connectivity index is 1.90. The summed E-state index contributed by atoms with van der Waals surface area (Å²) in [6.45, 7) is 2.00. The Kier molecular flexibility index (Phi) is 9.75. The van der Waals surface area contributed by atoms with Crippen LogP contribution in [0.3, 0.4) is 0 Å². The van der Waals surface area contributed by atoms with Crippen molar-refractivity contribution in [2.45, 2.75) is 70.5 Å². The molecule has 2 amide bonds. The third-order valence-electron chi connectivity index (χ3n) is 6.12. The average molecular weight is 530 g/mol. The Morgan fingerprint density at radius 3 is 1.94 bits per heavy atom. The van der Waals surface area contributed by atoms with Gasteiger partial charge in [0.1, 0.15) is 6.04 Å². The molecule has 0 bridgehead atoms. The number of hydrogen-bond donors (Lipinski definition) is 1. The van der Waals surface area contributed by atoms with Crippen LogP contribution in [0.1, 0.15) is 56.6 Å². The molecular formula is C25H28Cl4N2O2. The van der Waals surface area contributed by atoms with Gasteiger partial charge in [-0.05, 0) is 49.1 Å². The highest BCUT2D eigenvalue weighted by Crippen LogP contribution is 2.29. The lowest BCUT2D eigenvalue weighted by atomic mass is 9.95. The maximum Gasteiger partial charge on any atom is 0.243 e. The van der Waals surface area contributed by atoms with E-state index in [1.165, 1.54) is 6.42 Å². The first-order valence-electron chi connectivity index (χ1n) is 11.3. The second-order valence-electron chi connectivity index (χ2n) is 8.37. The summed E-state index contributed by atoms with van der Waals surface area (Å²) in [5, 5.41) is 4.86. The van der Waals surface area contributed by atoms with Crippen molar-refractivity contribution in [3.8, 4) is 0 Å². The van der Waals surface area contributed by atoms with Gasteiger partial charge in [0.25, 0.3) is 0 Å². The second kappa shape index (κ2) is 12.3. The Morgan fingerprint density at radius 1 is 0.909 bits per heavy atom. The molecule has 4 nitrogen and oxygen atoms in total. The van der Waals surface area contributed by atoms with Crippen LogP contribution in [0.15, 0.2) is 36.4 Å². The van der Waals surface area contributed by atoms with Crippen LogP contribution in [-0.2, 0) is 22.6 Å². The average Bonchev–Trinajstić information content (AvgIpc) is 2.78. The Bertz CT molecular complexity index is 952. The minimum atomic E-state index is -0.673. The van der Waals surface area contributed by atoms with E-state index in [1.807, 2.05) is 6.92 Å². The van der Waals surface area contributed by atoms with Crippen molar-refractivity contribution in [1.82, 2.24) is 10.2 Å².